The van der Waals surface area contributed by atoms with Crippen LogP contribution >= 0.6 is 0 Å². The zero-order valence-electron chi connectivity index (χ0n) is 4.82. The van der Waals surface area contributed by atoms with E-state index in [0.717, 1.165) is 0 Å². The van der Waals surface area contributed by atoms with Gasteiger partial charge in [-0.05, 0) is 13.8 Å². The van der Waals surface area contributed by atoms with Crippen LogP contribution in [0.25, 0.3) is 0 Å². The van der Waals surface area contributed by atoms with Gasteiger partial charge >= 0.3 is 0 Å². The maximum atomic E-state index is 9.74. The van der Waals surface area contributed by atoms with Crippen molar-refractivity contribution >= 4 is 11.9 Å². The average Bonchev–Trinajstić information content (AvgIpc) is 1.84. The molecule has 0 aliphatic rings. The highest BCUT2D eigenvalue weighted by Gasteiger charge is 1.90. The first kappa shape index (κ1) is 6.90. The number of hydrogen-bond acceptors (Lipinski definition) is 2. The molecule has 0 radical (unpaired) electrons. The van der Waals surface area contributed by atoms with Crippen LogP contribution in [-0.2, 0) is 9.59 Å². The van der Waals surface area contributed by atoms with Crippen LogP contribution in [0.4, 0.5) is 0 Å². The van der Waals surface area contributed by atoms with Crippen molar-refractivity contribution in [2.24, 2.45) is 0 Å². The van der Waals surface area contributed by atoms with Gasteiger partial charge in [0.15, 0.2) is 0 Å². The standard InChI is InChI=1S/C6H6O2/c1-5(3-7)6(2)4-8/h1-2H3. The molecule has 0 aliphatic carbocycles. The maximum absolute atomic E-state index is 9.74. The van der Waals surface area contributed by atoms with Crippen molar-refractivity contribution in [2.75, 3.05) is 0 Å². The van der Waals surface area contributed by atoms with Crippen molar-refractivity contribution in [3.63, 3.8) is 0 Å². The van der Waals surface area contributed by atoms with Gasteiger partial charge in [0, 0.05) is 11.1 Å². The van der Waals surface area contributed by atoms with Crippen LogP contribution in [0.2, 0.25) is 0 Å². The van der Waals surface area contributed by atoms with E-state index in [1.54, 1.807) is 11.9 Å². The summed E-state index contributed by atoms with van der Waals surface area (Å²) in [5.41, 5.74) is 0.639. The molecule has 42 valence electrons. The second-order valence-electron chi connectivity index (χ2n) is 1.45. The predicted octanol–water partition coefficient (Wildman–Crippen LogP) is 0.542. The fourth-order valence-electron chi connectivity index (χ4n) is 0.153. The van der Waals surface area contributed by atoms with Crippen LogP contribution in [0, 0.1) is 0 Å². The molecular formula is C6H6O2. The lowest BCUT2D eigenvalue weighted by molar-refractivity contribution is 0.564. The Bertz CT molecular complexity index is 157. The minimum Gasteiger partial charge on any atom is -0.233 e. The normalized spacial score (nSPS) is 6.75. The topological polar surface area (TPSA) is 34.1 Å². The Kier molecular flexibility index (Phi) is 2.57. The molecule has 2 heteroatoms. The smallest absolute Gasteiger partial charge is 0.128 e. The van der Waals surface area contributed by atoms with Crippen molar-refractivity contribution in [3.05, 3.63) is 11.1 Å². The second kappa shape index (κ2) is 2.98. The van der Waals surface area contributed by atoms with Crippen LogP contribution in [-0.4, -0.2) is 11.9 Å². The Morgan fingerprint density at radius 2 is 1.25 bits per heavy atom. The molecule has 0 aliphatic heterocycles. The third-order valence-electron chi connectivity index (χ3n) is 0.869. The highest BCUT2D eigenvalue weighted by Crippen LogP contribution is 1.96. The third-order valence-corrected chi connectivity index (χ3v) is 0.869. The molecule has 0 saturated carbocycles. The summed E-state index contributed by atoms with van der Waals surface area (Å²) in [6.45, 7) is 3.04. The molecule has 0 aromatic carbocycles. The molecule has 0 aromatic heterocycles. The second-order valence-corrected chi connectivity index (χ2v) is 1.45. The molecule has 0 heterocycles. The van der Waals surface area contributed by atoms with E-state index in [1.165, 1.54) is 13.8 Å². The minimum atomic E-state index is 0.319. The number of hydrogen-bond donors (Lipinski definition) is 0. The molecule has 0 amide bonds. The lowest BCUT2D eigenvalue weighted by atomic mass is 10.2. The first-order valence-corrected chi connectivity index (χ1v) is 2.16. The van der Waals surface area contributed by atoms with Gasteiger partial charge in [0.2, 0.25) is 0 Å². The van der Waals surface area contributed by atoms with Crippen LogP contribution < -0.4 is 0 Å². The highest BCUT2D eigenvalue weighted by atomic mass is 16.1. The molecule has 2 nitrogen and oxygen atoms in total. The number of carbonyl (C=O) groups excluding carboxylic acids is 2. The summed E-state index contributed by atoms with van der Waals surface area (Å²) in [6.07, 6.45) is 0. The summed E-state index contributed by atoms with van der Waals surface area (Å²) in [7, 11) is 0. The molecule has 0 rings (SSSR count). The van der Waals surface area contributed by atoms with E-state index in [9.17, 15) is 9.59 Å². The van der Waals surface area contributed by atoms with Gasteiger partial charge in [-0.15, -0.1) is 0 Å². The Labute approximate surface area is 47.5 Å². The molecule has 0 N–H and O–H groups in total. The van der Waals surface area contributed by atoms with E-state index >= 15 is 0 Å². The molecule has 0 aromatic rings. The van der Waals surface area contributed by atoms with Gasteiger partial charge in [0.1, 0.15) is 11.9 Å². The first-order valence-electron chi connectivity index (χ1n) is 2.16. The summed E-state index contributed by atoms with van der Waals surface area (Å²) in [4.78, 5) is 19.5. The third kappa shape index (κ3) is 1.57. The van der Waals surface area contributed by atoms with Crippen LogP contribution in [0.5, 0.6) is 0 Å². The molecule has 0 atom stereocenters. The van der Waals surface area contributed by atoms with Crippen LogP contribution in [0.1, 0.15) is 13.8 Å². The van der Waals surface area contributed by atoms with E-state index in [-0.39, 0.29) is 0 Å². The van der Waals surface area contributed by atoms with Gasteiger partial charge in [0.05, 0.1) is 0 Å². The van der Waals surface area contributed by atoms with Gasteiger partial charge in [-0.2, -0.15) is 0 Å². The Hall–Kier alpha value is -1.10. The lowest BCUT2D eigenvalue weighted by Gasteiger charge is -1.82. The van der Waals surface area contributed by atoms with Gasteiger partial charge in [-0.3, -0.25) is 0 Å². The van der Waals surface area contributed by atoms with Gasteiger partial charge in [-0.1, -0.05) is 0 Å². The zero-order chi connectivity index (χ0) is 6.57. The molecular weight excluding hydrogens is 104 g/mol. The average molecular weight is 110 g/mol. The quantitative estimate of drug-likeness (QED) is 0.364. The Morgan fingerprint density at radius 1 is 1.00 bits per heavy atom. The maximum Gasteiger partial charge on any atom is 0.128 e. The minimum absolute atomic E-state index is 0.319. The zero-order valence-corrected chi connectivity index (χ0v) is 4.82. The highest BCUT2D eigenvalue weighted by molar-refractivity contribution is 5.69. The van der Waals surface area contributed by atoms with Gasteiger partial charge in [-0.25, -0.2) is 9.59 Å². The first-order chi connectivity index (χ1) is 3.72. The summed E-state index contributed by atoms with van der Waals surface area (Å²) in [5, 5.41) is 0. The van der Waals surface area contributed by atoms with Gasteiger partial charge in [0.25, 0.3) is 0 Å². The van der Waals surface area contributed by atoms with Crippen molar-refractivity contribution < 1.29 is 9.59 Å². The molecule has 0 saturated heterocycles. The molecule has 0 bridgehead atoms. The van der Waals surface area contributed by atoms with Crippen molar-refractivity contribution in [1.29, 1.82) is 0 Å². The van der Waals surface area contributed by atoms with Crippen molar-refractivity contribution in [3.8, 4) is 0 Å². The fraction of sp³-hybridized carbons (Fsp3) is 0.333. The summed E-state index contributed by atoms with van der Waals surface area (Å²) in [6, 6.07) is 0. The van der Waals surface area contributed by atoms with E-state index < -0.39 is 0 Å². The SMILES string of the molecule is CC(=C=O)C(C)=C=O. The molecule has 0 unspecified atom stereocenters. The monoisotopic (exact) mass is 110 g/mol. The van der Waals surface area contributed by atoms with Crippen LogP contribution in [0.15, 0.2) is 11.1 Å². The van der Waals surface area contributed by atoms with Crippen molar-refractivity contribution in [2.45, 2.75) is 13.8 Å². The van der Waals surface area contributed by atoms with E-state index in [4.69, 9.17) is 0 Å². The molecule has 0 fully saturated rings. The largest absolute Gasteiger partial charge is 0.233 e. The fourth-order valence-corrected chi connectivity index (χ4v) is 0.153. The summed E-state index contributed by atoms with van der Waals surface area (Å²) in [5.74, 6) is 3.17. The Balaban J connectivity index is 4.52. The van der Waals surface area contributed by atoms with Crippen molar-refractivity contribution in [1.82, 2.24) is 0 Å². The van der Waals surface area contributed by atoms with E-state index in [0.29, 0.717) is 11.1 Å². The molecule has 0 spiro atoms. The molecule has 8 heavy (non-hydrogen) atoms. The van der Waals surface area contributed by atoms with E-state index in [1.807, 2.05) is 0 Å². The van der Waals surface area contributed by atoms with Crippen LogP contribution in [0.3, 0.4) is 0 Å². The number of allylic oxidation sites excluding steroid dienone is 2. The predicted molar refractivity (Wildman–Crippen MR) is 29.8 cm³/mol. The lowest BCUT2D eigenvalue weighted by Crippen LogP contribution is -1.78. The van der Waals surface area contributed by atoms with Gasteiger partial charge < -0.3 is 0 Å². The number of rotatable bonds is 1. The summed E-state index contributed by atoms with van der Waals surface area (Å²) >= 11 is 0. The van der Waals surface area contributed by atoms with E-state index in [2.05, 4.69) is 0 Å². The summed E-state index contributed by atoms with van der Waals surface area (Å²) < 4.78 is 0. The Morgan fingerprint density at radius 3 is 1.38 bits per heavy atom.